The zero-order chi connectivity index (χ0) is 16.7. The Labute approximate surface area is 135 Å². The highest BCUT2D eigenvalue weighted by atomic mass is 16.5. The molecule has 1 aromatic carbocycles. The summed E-state index contributed by atoms with van der Waals surface area (Å²) in [7, 11) is 1.32. The number of carbonyl (C=O) groups excluding carboxylic acids is 2. The summed E-state index contributed by atoms with van der Waals surface area (Å²) in [6, 6.07) is 8.37. The average Bonchev–Trinajstić information content (AvgIpc) is 2.59. The summed E-state index contributed by atoms with van der Waals surface area (Å²) in [6.45, 7) is 3.65. The quantitative estimate of drug-likeness (QED) is 0.485. The number of benzene rings is 1. The lowest BCUT2D eigenvalue weighted by Gasteiger charge is -2.16. The smallest absolute Gasteiger partial charge is 0.328 e. The standard InChI is InChI=1S/C18H20N2O3/c1-3-4-5-10-16(18(22)23-2)20-17(21)14-11-12-19-15-9-7-6-8-13(14)15/h3,6-9,11-12,16H,1,4-5,10H2,2H3,(H,20,21)/t16-/m0/s1. The molecular formula is C18H20N2O3. The van der Waals surface area contributed by atoms with E-state index in [-0.39, 0.29) is 5.91 Å². The minimum atomic E-state index is -0.667. The van der Waals surface area contributed by atoms with Crippen molar-refractivity contribution in [1.29, 1.82) is 0 Å². The molecule has 0 spiro atoms. The number of nitrogens with zero attached hydrogens (tertiary/aromatic N) is 1. The van der Waals surface area contributed by atoms with Crippen LogP contribution in [0.15, 0.2) is 49.2 Å². The molecule has 0 fully saturated rings. The van der Waals surface area contributed by atoms with Crippen molar-refractivity contribution in [2.24, 2.45) is 0 Å². The van der Waals surface area contributed by atoms with Gasteiger partial charge in [-0.3, -0.25) is 9.78 Å². The first-order valence-corrected chi connectivity index (χ1v) is 7.50. The van der Waals surface area contributed by atoms with Gasteiger partial charge in [0.2, 0.25) is 0 Å². The first kappa shape index (κ1) is 16.7. The molecule has 0 aliphatic heterocycles. The summed E-state index contributed by atoms with van der Waals surface area (Å²) >= 11 is 0. The largest absolute Gasteiger partial charge is 0.467 e. The number of aromatic nitrogens is 1. The Morgan fingerprint density at radius 3 is 2.87 bits per heavy atom. The molecule has 1 N–H and O–H groups in total. The van der Waals surface area contributed by atoms with Crippen LogP contribution in [-0.2, 0) is 9.53 Å². The van der Waals surface area contributed by atoms with E-state index in [1.807, 2.05) is 24.3 Å². The van der Waals surface area contributed by atoms with Crippen LogP contribution in [0.2, 0.25) is 0 Å². The normalized spacial score (nSPS) is 11.7. The summed E-state index contributed by atoms with van der Waals surface area (Å²) in [5.74, 6) is -0.752. The molecule has 0 saturated heterocycles. The van der Waals surface area contributed by atoms with Crippen LogP contribution >= 0.6 is 0 Å². The highest BCUT2D eigenvalue weighted by Gasteiger charge is 2.22. The number of rotatable bonds is 7. The second kappa shape index (κ2) is 8.08. The van der Waals surface area contributed by atoms with E-state index < -0.39 is 12.0 Å². The Morgan fingerprint density at radius 2 is 2.13 bits per heavy atom. The summed E-state index contributed by atoms with van der Waals surface area (Å²) < 4.78 is 4.78. The number of hydrogen-bond acceptors (Lipinski definition) is 4. The van der Waals surface area contributed by atoms with E-state index >= 15 is 0 Å². The Balaban J connectivity index is 2.19. The van der Waals surface area contributed by atoms with Gasteiger partial charge in [-0.1, -0.05) is 24.3 Å². The number of para-hydroxylation sites is 1. The Bertz CT molecular complexity index is 707. The molecule has 0 bridgehead atoms. The van der Waals surface area contributed by atoms with Crippen molar-refractivity contribution in [3.05, 3.63) is 54.7 Å². The highest BCUT2D eigenvalue weighted by molar-refractivity contribution is 6.07. The monoisotopic (exact) mass is 312 g/mol. The van der Waals surface area contributed by atoms with Crippen molar-refractivity contribution in [1.82, 2.24) is 10.3 Å². The molecule has 0 unspecified atom stereocenters. The van der Waals surface area contributed by atoms with Gasteiger partial charge in [-0.2, -0.15) is 0 Å². The number of pyridine rings is 1. The fraction of sp³-hybridized carbons (Fsp3) is 0.278. The van der Waals surface area contributed by atoms with Gasteiger partial charge >= 0.3 is 5.97 Å². The van der Waals surface area contributed by atoms with Crippen LogP contribution < -0.4 is 5.32 Å². The van der Waals surface area contributed by atoms with Crippen LogP contribution in [0.4, 0.5) is 0 Å². The van der Waals surface area contributed by atoms with Crippen molar-refractivity contribution < 1.29 is 14.3 Å². The van der Waals surface area contributed by atoms with Crippen molar-refractivity contribution in [2.75, 3.05) is 7.11 Å². The molecule has 0 aliphatic carbocycles. The van der Waals surface area contributed by atoms with Crippen LogP contribution in [0.5, 0.6) is 0 Å². The molecular weight excluding hydrogens is 292 g/mol. The third-order valence-corrected chi connectivity index (χ3v) is 3.59. The van der Waals surface area contributed by atoms with E-state index in [9.17, 15) is 9.59 Å². The van der Waals surface area contributed by atoms with Crippen LogP contribution in [0.1, 0.15) is 29.6 Å². The van der Waals surface area contributed by atoms with E-state index in [1.165, 1.54) is 7.11 Å². The molecule has 0 aliphatic rings. The number of esters is 1. The summed E-state index contributed by atoms with van der Waals surface area (Å²) in [6.07, 6.45) is 5.41. The zero-order valence-corrected chi connectivity index (χ0v) is 13.1. The lowest BCUT2D eigenvalue weighted by molar-refractivity contribution is -0.143. The lowest BCUT2D eigenvalue weighted by atomic mass is 10.1. The predicted molar refractivity (Wildman–Crippen MR) is 89.1 cm³/mol. The molecule has 23 heavy (non-hydrogen) atoms. The maximum Gasteiger partial charge on any atom is 0.328 e. The molecule has 2 rings (SSSR count). The summed E-state index contributed by atoms with van der Waals surface area (Å²) in [5, 5.41) is 3.51. The van der Waals surface area contributed by atoms with E-state index in [0.29, 0.717) is 12.0 Å². The number of methoxy groups -OCH3 is 1. The molecule has 1 atom stereocenters. The third kappa shape index (κ3) is 4.16. The van der Waals surface area contributed by atoms with Gasteiger partial charge in [-0.25, -0.2) is 4.79 Å². The molecule has 1 amide bonds. The van der Waals surface area contributed by atoms with Gasteiger partial charge in [-0.05, 0) is 31.4 Å². The summed E-state index contributed by atoms with van der Waals surface area (Å²) in [4.78, 5) is 28.6. The van der Waals surface area contributed by atoms with Gasteiger partial charge in [0.05, 0.1) is 18.2 Å². The second-order valence-electron chi connectivity index (χ2n) is 5.14. The lowest BCUT2D eigenvalue weighted by Crippen LogP contribution is -2.41. The van der Waals surface area contributed by atoms with E-state index in [1.54, 1.807) is 18.3 Å². The number of amides is 1. The Kier molecular flexibility index (Phi) is 5.86. The van der Waals surface area contributed by atoms with Gasteiger partial charge in [0.15, 0.2) is 0 Å². The third-order valence-electron chi connectivity index (χ3n) is 3.59. The van der Waals surface area contributed by atoms with E-state index in [2.05, 4.69) is 16.9 Å². The molecule has 5 heteroatoms. The van der Waals surface area contributed by atoms with Gasteiger partial charge in [0.25, 0.3) is 5.91 Å². The number of ether oxygens (including phenoxy) is 1. The maximum absolute atomic E-state index is 12.6. The molecule has 0 saturated carbocycles. The first-order chi connectivity index (χ1) is 11.2. The Hall–Kier alpha value is -2.69. The molecule has 2 aromatic rings. The van der Waals surface area contributed by atoms with Crippen molar-refractivity contribution in [2.45, 2.75) is 25.3 Å². The number of hydrogen-bond donors (Lipinski definition) is 1. The number of allylic oxidation sites excluding steroid dienone is 1. The van der Waals surface area contributed by atoms with Gasteiger partial charge in [0, 0.05) is 11.6 Å². The number of nitrogens with one attached hydrogen (secondary N) is 1. The fourth-order valence-corrected chi connectivity index (χ4v) is 2.39. The molecule has 0 radical (unpaired) electrons. The molecule has 1 aromatic heterocycles. The Morgan fingerprint density at radius 1 is 1.35 bits per heavy atom. The second-order valence-corrected chi connectivity index (χ2v) is 5.14. The minimum absolute atomic E-state index is 0.308. The highest BCUT2D eigenvalue weighted by Crippen LogP contribution is 2.16. The van der Waals surface area contributed by atoms with Crippen molar-refractivity contribution in [3.63, 3.8) is 0 Å². The molecule has 1 heterocycles. The zero-order valence-electron chi connectivity index (χ0n) is 13.1. The van der Waals surface area contributed by atoms with Crippen LogP contribution in [0.25, 0.3) is 10.9 Å². The van der Waals surface area contributed by atoms with Crippen molar-refractivity contribution >= 4 is 22.8 Å². The van der Waals surface area contributed by atoms with Crippen LogP contribution in [0, 0.1) is 0 Å². The number of carbonyl (C=O) groups is 2. The van der Waals surface area contributed by atoms with Gasteiger partial charge in [0.1, 0.15) is 6.04 Å². The number of fused-ring (bicyclic) bond motifs is 1. The topological polar surface area (TPSA) is 68.3 Å². The van der Waals surface area contributed by atoms with Gasteiger partial charge in [-0.15, -0.1) is 6.58 Å². The first-order valence-electron chi connectivity index (χ1n) is 7.50. The summed E-state index contributed by atoms with van der Waals surface area (Å²) in [5.41, 5.74) is 1.23. The van der Waals surface area contributed by atoms with Crippen LogP contribution in [-0.4, -0.2) is 30.0 Å². The predicted octanol–water partition coefficient (Wildman–Crippen LogP) is 2.86. The van der Waals surface area contributed by atoms with Crippen LogP contribution in [0.3, 0.4) is 0 Å². The molecule has 120 valence electrons. The number of unbranched alkanes of at least 4 members (excludes halogenated alkanes) is 1. The van der Waals surface area contributed by atoms with Crippen molar-refractivity contribution in [3.8, 4) is 0 Å². The maximum atomic E-state index is 12.6. The fourth-order valence-electron chi connectivity index (χ4n) is 2.39. The average molecular weight is 312 g/mol. The van der Waals surface area contributed by atoms with E-state index in [0.717, 1.165) is 23.7 Å². The van der Waals surface area contributed by atoms with Gasteiger partial charge < -0.3 is 10.1 Å². The molecule has 5 nitrogen and oxygen atoms in total. The SMILES string of the molecule is C=CCCC[C@H](NC(=O)c1ccnc2ccccc12)C(=O)OC. The van der Waals surface area contributed by atoms with E-state index in [4.69, 9.17) is 4.74 Å². The minimum Gasteiger partial charge on any atom is -0.467 e.